The molecule has 1 amide bonds. The number of carbonyl (C=O) groups is 1. The van der Waals surface area contributed by atoms with E-state index in [1.807, 2.05) is 0 Å². The molecule has 1 saturated carbocycles. The number of alkyl halides is 2. The lowest BCUT2D eigenvalue weighted by atomic mass is 10.2. The summed E-state index contributed by atoms with van der Waals surface area (Å²) in [5.74, 6) is 0.285. The topological polar surface area (TPSA) is 97.1 Å². The second kappa shape index (κ2) is 8.58. The maximum atomic E-state index is 13.6. The number of nitrogens with zero attached hydrogens (tertiary/aromatic N) is 5. The molecule has 1 aliphatic heterocycles. The minimum atomic E-state index is -3.72. The number of sulfonamides is 1. The first-order chi connectivity index (χ1) is 16.3. The molecule has 34 heavy (non-hydrogen) atoms. The Morgan fingerprint density at radius 1 is 1.09 bits per heavy atom. The first-order valence-electron chi connectivity index (χ1n) is 10.9. The van der Waals surface area contributed by atoms with Crippen molar-refractivity contribution in [2.75, 3.05) is 33.3 Å². The number of hydrogen-bond acceptors (Lipinski definition) is 6. The number of halogens is 2. The predicted octanol–water partition coefficient (Wildman–Crippen LogP) is 2.70. The fraction of sp³-hybridized carbons (Fsp3) is 0.409. The fourth-order valence-corrected chi connectivity index (χ4v) is 5.48. The van der Waals surface area contributed by atoms with Gasteiger partial charge in [-0.1, -0.05) is 0 Å². The quantitative estimate of drug-likeness (QED) is 0.526. The highest BCUT2D eigenvalue weighted by Gasteiger charge is 2.32. The SMILES string of the molecule is COc1ccc(S(=O)(=O)N2CCN(C(=O)c3cc4nc(C5CC5)cc(C(F)F)n4n3)CC2)cc1. The number of piperazine rings is 1. The highest BCUT2D eigenvalue weighted by molar-refractivity contribution is 7.89. The molecule has 2 fully saturated rings. The van der Waals surface area contributed by atoms with Crippen LogP contribution in [0.4, 0.5) is 8.78 Å². The molecular weight excluding hydrogens is 468 g/mol. The number of ether oxygens (including phenoxy) is 1. The number of hydrogen-bond donors (Lipinski definition) is 0. The van der Waals surface area contributed by atoms with Crippen LogP contribution in [0.25, 0.3) is 5.65 Å². The van der Waals surface area contributed by atoms with E-state index in [4.69, 9.17) is 4.74 Å². The van der Waals surface area contributed by atoms with Gasteiger partial charge in [-0.15, -0.1) is 0 Å². The predicted molar refractivity (Wildman–Crippen MR) is 118 cm³/mol. The van der Waals surface area contributed by atoms with Crippen LogP contribution in [-0.2, 0) is 10.0 Å². The van der Waals surface area contributed by atoms with E-state index in [1.165, 1.54) is 40.6 Å². The van der Waals surface area contributed by atoms with Gasteiger partial charge in [0, 0.05) is 43.9 Å². The van der Waals surface area contributed by atoms with E-state index in [9.17, 15) is 22.0 Å². The molecule has 0 atom stereocenters. The average molecular weight is 492 g/mol. The molecule has 180 valence electrons. The first-order valence-corrected chi connectivity index (χ1v) is 12.3. The molecule has 12 heteroatoms. The Balaban J connectivity index is 1.32. The van der Waals surface area contributed by atoms with Gasteiger partial charge in [0.25, 0.3) is 12.3 Å². The lowest BCUT2D eigenvalue weighted by molar-refractivity contribution is 0.0691. The number of aromatic nitrogens is 3. The minimum Gasteiger partial charge on any atom is -0.497 e. The van der Waals surface area contributed by atoms with E-state index in [-0.39, 0.29) is 54.0 Å². The third-order valence-corrected chi connectivity index (χ3v) is 8.05. The molecule has 5 rings (SSSR count). The normalized spacial score (nSPS) is 17.5. The summed E-state index contributed by atoms with van der Waals surface area (Å²) in [4.78, 5) is 19.1. The molecule has 0 spiro atoms. The molecule has 3 heterocycles. The number of fused-ring (bicyclic) bond motifs is 1. The standard InChI is InChI=1S/C22H23F2N5O4S/c1-33-15-4-6-16(7-5-15)34(31,32)28-10-8-27(9-11-28)22(30)18-13-20-25-17(14-2-3-14)12-19(21(23)24)29(20)26-18/h4-7,12-14,21H,2-3,8-11H2,1H3. The van der Waals surface area contributed by atoms with Crippen molar-refractivity contribution in [2.24, 2.45) is 0 Å². The maximum Gasteiger partial charge on any atom is 0.280 e. The van der Waals surface area contributed by atoms with Crippen molar-refractivity contribution < 1.29 is 26.7 Å². The number of rotatable bonds is 6. The van der Waals surface area contributed by atoms with Crippen LogP contribution >= 0.6 is 0 Å². The Bertz CT molecular complexity index is 1330. The molecule has 9 nitrogen and oxygen atoms in total. The summed E-state index contributed by atoms with van der Waals surface area (Å²) in [5, 5.41) is 4.10. The molecule has 0 unspecified atom stereocenters. The molecule has 2 aromatic heterocycles. The van der Waals surface area contributed by atoms with Crippen LogP contribution in [0.15, 0.2) is 41.3 Å². The molecule has 1 aromatic carbocycles. The summed E-state index contributed by atoms with van der Waals surface area (Å²) in [7, 11) is -2.22. The van der Waals surface area contributed by atoms with Gasteiger partial charge in [-0.05, 0) is 43.2 Å². The van der Waals surface area contributed by atoms with E-state index >= 15 is 0 Å². The van der Waals surface area contributed by atoms with Gasteiger partial charge < -0.3 is 9.64 Å². The zero-order valence-corrected chi connectivity index (χ0v) is 19.2. The summed E-state index contributed by atoms with van der Waals surface area (Å²) in [6, 6.07) is 8.89. The minimum absolute atomic E-state index is 0.00816. The smallest absolute Gasteiger partial charge is 0.280 e. The zero-order valence-electron chi connectivity index (χ0n) is 18.4. The van der Waals surface area contributed by atoms with Crippen LogP contribution in [0.5, 0.6) is 5.75 Å². The summed E-state index contributed by atoms with van der Waals surface area (Å²) in [5.41, 5.74) is 0.526. The Morgan fingerprint density at radius 3 is 2.35 bits per heavy atom. The number of methoxy groups -OCH3 is 1. The second-order valence-corrected chi connectivity index (χ2v) is 10.3. The van der Waals surface area contributed by atoms with Crippen molar-refractivity contribution in [1.82, 2.24) is 23.8 Å². The number of benzene rings is 1. The van der Waals surface area contributed by atoms with Crippen LogP contribution in [0, 0.1) is 0 Å². The summed E-state index contributed by atoms with van der Waals surface area (Å²) < 4.78 is 60.5. The van der Waals surface area contributed by atoms with Crippen molar-refractivity contribution in [3.8, 4) is 5.75 Å². The Morgan fingerprint density at radius 2 is 1.76 bits per heavy atom. The van der Waals surface area contributed by atoms with Gasteiger partial charge in [0.05, 0.1) is 12.0 Å². The molecule has 0 radical (unpaired) electrons. The van der Waals surface area contributed by atoms with Crippen LogP contribution in [-0.4, -0.2) is 71.4 Å². The summed E-state index contributed by atoms with van der Waals surface area (Å²) >= 11 is 0. The van der Waals surface area contributed by atoms with Gasteiger partial charge in [-0.3, -0.25) is 4.79 Å². The Hall–Kier alpha value is -3.12. The monoisotopic (exact) mass is 491 g/mol. The van der Waals surface area contributed by atoms with Crippen LogP contribution in [0.1, 0.15) is 47.1 Å². The van der Waals surface area contributed by atoms with Crippen LogP contribution in [0.3, 0.4) is 0 Å². The highest BCUT2D eigenvalue weighted by atomic mass is 32.2. The van der Waals surface area contributed by atoms with Crippen LogP contribution < -0.4 is 4.74 Å². The van der Waals surface area contributed by atoms with Gasteiger partial charge in [-0.25, -0.2) is 26.7 Å². The largest absolute Gasteiger partial charge is 0.497 e. The summed E-state index contributed by atoms with van der Waals surface area (Å²) in [6.07, 6.45) is -0.928. The third-order valence-electron chi connectivity index (χ3n) is 6.14. The Labute approximate surface area is 195 Å². The van der Waals surface area contributed by atoms with Crippen molar-refractivity contribution in [3.63, 3.8) is 0 Å². The van der Waals surface area contributed by atoms with Gasteiger partial charge in [0.1, 0.15) is 11.4 Å². The maximum absolute atomic E-state index is 13.6. The molecular formula is C22H23F2N5O4S. The summed E-state index contributed by atoms with van der Waals surface area (Å²) in [6.45, 7) is 0.536. The average Bonchev–Trinajstić information content (AvgIpc) is 3.61. The van der Waals surface area contributed by atoms with Crippen molar-refractivity contribution in [2.45, 2.75) is 30.1 Å². The number of amides is 1. The second-order valence-electron chi connectivity index (χ2n) is 8.35. The van der Waals surface area contributed by atoms with E-state index in [2.05, 4.69) is 10.1 Å². The lowest BCUT2D eigenvalue weighted by Gasteiger charge is -2.33. The van der Waals surface area contributed by atoms with Crippen molar-refractivity contribution >= 4 is 21.6 Å². The highest BCUT2D eigenvalue weighted by Crippen LogP contribution is 2.40. The van der Waals surface area contributed by atoms with Gasteiger partial charge in [-0.2, -0.15) is 9.40 Å². The first kappa shape index (κ1) is 22.7. The van der Waals surface area contributed by atoms with Gasteiger partial charge in [0.2, 0.25) is 10.0 Å². The van der Waals surface area contributed by atoms with Crippen molar-refractivity contribution in [3.05, 3.63) is 53.5 Å². The molecule has 1 aliphatic carbocycles. The van der Waals surface area contributed by atoms with Crippen molar-refractivity contribution in [1.29, 1.82) is 0 Å². The molecule has 1 saturated heterocycles. The Kier molecular flexibility index (Phi) is 5.72. The lowest BCUT2D eigenvalue weighted by Crippen LogP contribution is -2.50. The molecule has 0 N–H and O–H groups in total. The number of carbonyl (C=O) groups excluding carboxylic acids is 1. The van der Waals surface area contributed by atoms with Gasteiger partial charge >= 0.3 is 0 Å². The fourth-order valence-electron chi connectivity index (χ4n) is 4.06. The molecule has 2 aliphatic rings. The van der Waals surface area contributed by atoms with E-state index in [1.54, 1.807) is 12.1 Å². The zero-order chi connectivity index (χ0) is 24.0. The van der Waals surface area contributed by atoms with Crippen LogP contribution in [0.2, 0.25) is 0 Å². The molecule has 3 aromatic rings. The van der Waals surface area contributed by atoms with E-state index in [0.29, 0.717) is 11.4 Å². The van der Waals surface area contributed by atoms with E-state index in [0.717, 1.165) is 17.4 Å². The molecule has 0 bridgehead atoms. The third kappa shape index (κ3) is 4.11. The van der Waals surface area contributed by atoms with Gasteiger partial charge in [0.15, 0.2) is 11.3 Å². The van der Waals surface area contributed by atoms with E-state index < -0.39 is 22.4 Å².